The maximum Gasteiger partial charge on any atom is 0.254 e. The van der Waals surface area contributed by atoms with Crippen LogP contribution in [0.15, 0.2) is 4.79 Å². The van der Waals surface area contributed by atoms with Gasteiger partial charge in [0.05, 0.1) is 12.5 Å². The van der Waals surface area contributed by atoms with Gasteiger partial charge in [-0.3, -0.25) is 9.59 Å². The molecule has 26 heavy (non-hydrogen) atoms. The third-order valence-corrected chi connectivity index (χ3v) is 5.82. The van der Waals surface area contributed by atoms with Crippen LogP contribution in [0.25, 0.3) is 0 Å². The number of H-pyrrole nitrogens is 1. The van der Waals surface area contributed by atoms with Crippen molar-refractivity contribution >= 4 is 5.91 Å². The van der Waals surface area contributed by atoms with Crippen LogP contribution in [0.5, 0.6) is 0 Å². The van der Waals surface area contributed by atoms with Crippen molar-refractivity contribution in [3.63, 3.8) is 0 Å². The van der Waals surface area contributed by atoms with Crippen molar-refractivity contribution < 1.29 is 9.90 Å². The molecule has 4 N–H and O–H groups in total. The smallest absolute Gasteiger partial charge is 0.254 e. The van der Waals surface area contributed by atoms with E-state index >= 15 is 0 Å². The number of aliphatic hydroxyl groups excluding tert-OH is 1. The fraction of sp³-hybridized carbons (Fsp3) is 0.737. The molecule has 0 radical (unpaired) electrons. The molecule has 1 aromatic heterocycles. The molecule has 0 unspecified atom stereocenters. The molecule has 144 valence electrons. The minimum absolute atomic E-state index is 0.0505. The largest absolute Gasteiger partial charge is 0.393 e. The minimum Gasteiger partial charge on any atom is -0.393 e. The summed E-state index contributed by atoms with van der Waals surface area (Å²) >= 11 is 0. The number of piperidine rings is 1. The lowest BCUT2D eigenvalue weighted by Gasteiger charge is -2.43. The second-order valence-corrected chi connectivity index (χ2v) is 7.67. The van der Waals surface area contributed by atoms with Crippen LogP contribution in [-0.4, -0.2) is 46.2 Å². The molecular weight excluding hydrogens is 332 g/mol. The number of amides is 1. The standard InChI is InChI=1S/C19H30N4O3/c1-3-16-21-11(2)15(19(26)22-16)10-17(25)23-18(13-8-14(24)9-13)12-4-6-20-7-5-12/h12-14,18,20,24H,3-10H2,1-2H3,(H,23,25)(H,21,22,26)/t13?,14?,18-/m1/s1. The van der Waals surface area contributed by atoms with Gasteiger partial charge in [-0.1, -0.05) is 6.92 Å². The lowest BCUT2D eigenvalue weighted by atomic mass is 9.71. The highest BCUT2D eigenvalue weighted by Crippen LogP contribution is 2.35. The number of nitrogens with zero attached hydrogens (tertiary/aromatic N) is 1. The number of hydrogen-bond donors (Lipinski definition) is 4. The van der Waals surface area contributed by atoms with Crippen LogP contribution < -0.4 is 16.2 Å². The lowest BCUT2D eigenvalue weighted by molar-refractivity contribution is -0.123. The summed E-state index contributed by atoms with van der Waals surface area (Å²) in [5, 5.41) is 16.2. The summed E-state index contributed by atoms with van der Waals surface area (Å²) in [6.07, 6.45) is 4.03. The Bertz CT molecular complexity index is 691. The number of rotatable bonds is 6. The van der Waals surface area contributed by atoms with E-state index in [9.17, 15) is 14.7 Å². The normalized spacial score (nSPS) is 24.7. The predicted octanol–water partition coefficient (Wildman–Crippen LogP) is 0.439. The van der Waals surface area contributed by atoms with Gasteiger partial charge in [-0.25, -0.2) is 4.98 Å². The van der Waals surface area contributed by atoms with Gasteiger partial charge < -0.3 is 20.7 Å². The predicted molar refractivity (Wildman–Crippen MR) is 98.9 cm³/mol. The molecule has 1 saturated carbocycles. The number of aryl methyl sites for hydroxylation is 2. The molecule has 1 aromatic rings. The van der Waals surface area contributed by atoms with Gasteiger partial charge in [0.25, 0.3) is 5.56 Å². The number of nitrogens with one attached hydrogen (secondary N) is 3. The number of hydrogen-bond acceptors (Lipinski definition) is 5. The van der Waals surface area contributed by atoms with Crippen LogP contribution in [0.3, 0.4) is 0 Å². The van der Waals surface area contributed by atoms with Crippen LogP contribution in [0.2, 0.25) is 0 Å². The first-order valence-electron chi connectivity index (χ1n) is 9.74. The molecule has 2 heterocycles. The van der Waals surface area contributed by atoms with E-state index in [-0.39, 0.29) is 30.0 Å². The first-order chi connectivity index (χ1) is 12.5. The van der Waals surface area contributed by atoms with E-state index in [1.807, 2.05) is 6.92 Å². The number of carbonyl (C=O) groups excluding carboxylic acids is 1. The Morgan fingerprint density at radius 3 is 2.58 bits per heavy atom. The molecule has 3 rings (SSSR count). The average Bonchev–Trinajstić information content (AvgIpc) is 2.61. The topological polar surface area (TPSA) is 107 Å². The number of aliphatic hydroxyl groups is 1. The van der Waals surface area contributed by atoms with Gasteiger partial charge in [0.1, 0.15) is 5.82 Å². The molecular formula is C19H30N4O3. The SMILES string of the molecule is CCc1nc(C)c(CC(=O)N[C@H](C2CCNCC2)C2CC(O)C2)c(=O)[nH]1. The number of aromatic amines is 1. The Labute approximate surface area is 154 Å². The molecule has 0 spiro atoms. The molecule has 1 atom stereocenters. The van der Waals surface area contributed by atoms with E-state index in [2.05, 4.69) is 20.6 Å². The number of aromatic nitrogens is 2. The van der Waals surface area contributed by atoms with Crippen LogP contribution in [0.4, 0.5) is 0 Å². The highest BCUT2D eigenvalue weighted by Gasteiger charge is 2.39. The molecule has 1 saturated heterocycles. The van der Waals surface area contributed by atoms with Crippen LogP contribution in [0.1, 0.15) is 49.7 Å². The minimum atomic E-state index is -0.239. The molecule has 0 bridgehead atoms. The van der Waals surface area contributed by atoms with Crippen molar-refractivity contribution in [1.29, 1.82) is 0 Å². The Kier molecular flexibility index (Phi) is 6.09. The Balaban J connectivity index is 1.69. The van der Waals surface area contributed by atoms with Crippen LogP contribution >= 0.6 is 0 Å². The van der Waals surface area contributed by atoms with Gasteiger partial charge in [-0.05, 0) is 57.5 Å². The summed E-state index contributed by atoms with van der Waals surface area (Å²) in [5.74, 6) is 1.27. The Hall–Kier alpha value is -1.73. The third kappa shape index (κ3) is 4.32. The molecule has 7 heteroatoms. The van der Waals surface area contributed by atoms with E-state index in [1.165, 1.54) is 0 Å². The molecule has 1 aliphatic carbocycles. The van der Waals surface area contributed by atoms with Crippen LogP contribution in [-0.2, 0) is 17.6 Å². The Morgan fingerprint density at radius 1 is 1.31 bits per heavy atom. The highest BCUT2D eigenvalue weighted by molar-refractivity contribution is 5.79. The maximum atomic E-state index is 12.7. The molecule has 7 nitrogen and oxygen atoms in total. The van der Waals surface area contributed by atoms with E-state index < -0.39 is 0 Å². The zero-order valence-corrected chi connectivity index (χ0v) is 15.7. The van der Waals surface area contributed by atoms with Gasteiger partial charge >= 0.3 is 0 Å². The zero-order chi connectivity index (χ0) is 18.7. The van der Waals surface area contributed by atoms with Gasteiger partial charge in [0.2, 0.25) is 5.91 Å². The van der Waals surface area contributed by atoms with Crippen LogP contribution in [0, 0.1) is 18.8 Å². The second kappa shape index (κ2) is 8.31. The van der Waals surface area contributed by atoms with E-state index in [0.717, 1.165) is 38.8 Å². The van der Waals surface area contributed by atoms with Gasteiger partial charge in [-0.2, -0.15) is 0 Å². The molecule has 1 amide bonds. The van der Waals surface area contributed by atoms with Crippen molar-refractivity contribution in [3.05, 3.63) is 27.4 Å². The van der Waals surface area contributed by atoms with Gasteiger partial charge in [0, 0.05) is 23.7 Å². The molecule has 1 aliphatic heterocycles. The van der Waals surface area contributed by atoms with Gasteiger partial charge in [-0.15, -0.1) is 0 Å². The summed E-state index contributed by atoms with van der Waals surface area (Å²) in [4.78, 5) is 32.1. The molecule has 2 aliphatic rings. The Morgan fingerprint density at radius 2 is 2.00 bits per heavy atom. The van der Waals surface area contributed by atoms with Crippen molar-refractivity contribution in [2.24, 2.45) is 11.8 Å². The van der Waals surface area contributed by atoms with E-state index in [0.29, 0.717) is 35.3 Å². The first-order valence-corrected chi connectivity index (χ1v) is 9.74. The van der Waals surface area contributed by atoms with Crippen molar-refractivity contribution in [2.45, 2.75) is 64.5 Å². The van der Waals surface area contributed by atoms with Crippen molar-refractivity contribution in [2.75, 3.05) is 13.1 Å². The quantitative estimate of drug-likeness (QED) is 0.587. The summed E-state index contributed by atoms with van der Waals surface area (Å²) in [6, 6.07) is 0.0789. The lowest BCUT2D eigenvalue weighted by Crippen LogP contribution is -2.53. The monoisotopic (exact) mass is 362 g/mol. The van der Waals surface area contributed by atoms with E-state index in [4.69, 9.17) is 0 Å². The zero-order valence-electron chi connectivity index (χ0n) is 15.7. The van der Waals surface area contributed by atoms with Crippen molar-refractivity contribution in [1.82, 2.24) is 20.6 Å². The number of carbonyl (C=O) groups is 1. The fourth-order valence-corrected chi connectivity index (χ4v) is 4.19. The molecule has 2 fully saturated rings. The summed E-state index contributed by atoms with van der Waals surface area (Å²) in [6.45, 7) is 5.64. The average molecular weight is 362 g/mol. The second-order valence-electron chi connectivity index (χ2n) is 7.67. The fourth-order valence-electron chi connectivity index (χ4n) is 4.19. The van der Waals surface area contributed by atoms with Gasteiger partial charge in [0.15, 0.2) is 0 Å². The summed E-state index contributed by atoms with van der Waals surface area (Å²) < 4.78 is 0. The first kappa shape index (κ1) is 19.0. The summed E-state index contributed by atoms with van der Waals surface area (Å²) in [7, 11) is 0. The highest BCUT2D eigenvalue weighted by atomic mass is 16.3. The maximum absolute atomic E-state index is 12.7. The van der Waals surface area contributed by atoms with Crippen molar-refractivity contribution in [3.8, 4) is 0 Å². The molecule has 0 aromatic carbocycles. The van der Waals surface area contributed by atoms with E-state index in [1.54, 1.807) is 6.92 Å². The summed E-state index contributed by atoms with van der Waals surface area (Å²) in [5.41, 5.74) is 0.845. The third-order valence-electron chi connectivity index (χ3n) is 5.82.